The highest BCUT2D eigenvalue weighted by Gasteiger charge is 2.41. The van der Waals surface area contributed by atoms with Crippen molar-refractivity contribution in [1.29, 1.82) is 0 Å². The molecular weight excluding hydrogens is 171 g/mol. The van der Waals surface area contributed by atoms with Gasteiger partial charge in [0.15, 0.2) is 0 Å². The summed E-state index contributed by atoms with van der Waals surface area (Å²) in [6.07, 6.45) is 5.90. The van der Waals surface area contributed by atoms with Crippen molar-refractivity contribution in [2.75, 3.05) is 5.43 Å². The molecule has 0 bridgehead atoms. The lowest BCUT2D eigenvalue weighted by Crippen LogP contribution is -2.02. The SMILES string of the molecule is Cn1cc(N/N=C/C2(F)CC2)cn1. The van der Waals surface area contributed by atoms with Gasteiger partial charge < -0.3 is 0 Å². The van der Waals surface area contributed by atoms with Gasteiger partial charge in [-0.1, -0.05) is 0 Å². The number of nitrogens with zero attached hydrogens (tertiary/aromatic N) is 3. The summed E-state index contributed by atoms with van der Waals surface area (Å²) in [7, 11) is 1.81. The fourth-order valence-corrected chi connectivity index (χ4v) is 0.950. The summed E-state index contributed by atoms with van der Waals surface area (Å²) in [6, 6.07) is 0. The summed E-state index contributed by atoms with van der Waals surface area (Å²) in [6.45, 7) is 0. The Bertz CT molecular complexity index is 327. The number of hydrogen-bond donors (Lipinski definition) is 1. The van der Waals surface area contributed by atoms with Crippen LogP contribution in [-0.4, -0.2) is 21.7 Å². The van der Waals surface area contributed by atoms with E-state index in [4.69, 9.17) is 0 Å². The van der Waals surface area contributed by atoms with Crippen molar-refractivity contribution in [2.45, 2.75) is 18.5 Å². The molecule has 1 N–H and O–H groups in total. The molecule has 0 spiro atoms. The minimum Gasteiger partial charge on any atom is -0.276 e. The zero-order chi connectivity index (χ0) is 9.31. The van der Waals surface area contributed by atoms with Gasteiger partial charge in [0.1, 0.15) is 5.67 Å². The zero-order valence-electron chi connectivity index (χ0n) is 7.37. The first-order valence-corrected chi connectivity index (χ1v) is 4.16. The number of anilines is 1. The Morgan fingerprint density at radius 2 is 2.54 bits per heavy atom. The van der Waals surface area contributed by atoms with Crippen LogP contribution in [0.4, 0.5) is 10.1 Å². The number of hydrazone groups is 1. The van der Waals surface area contributed by atoms with Crippen LogP contribution in [0.1, 0.15) is 12.8 Å². The molecule has 2 rings (SSSR count). The molecule has 70 valence electrons. The molecule has 0 saturated heterocycles. The van der Waals surface area contributed by atoms with Crippen LogP contribution in [0.5, 0.6) is 0 Å². The number of alkyl halides is 1. The number of halogens is 1. The van der Waals surface area contributed by atoms with Crippen molar-refractivity contribution >= 4 is 11.9 Å². The van der Waals surface area contributed by atoms with Crippen LogP contribution < -0.4 is 5.43 Å². The molecule has 0 atom stereocenters. The Hall–Kier alpha value is -1.39. The van der Waals surface area contributed by atoms with Gasteiger partial charge in [-0.25, -0.2) is 4.39 Å². The summed E-state index contributed by atoms with van der Waals surface area (Å²) < 4.78 is 14.7. The fourth-order valence-electron chi connectivity index (χ4n) is 0.950. The maximum absolute atomic E-state index is 13.0. The van der Waals surface area contributed by atoms with Crippen LogP contribution in [-0.2, 0) is 7.05 Å². The topological polar surface area (TPSA) is 42.2 Å². The highest BCUT2D eigenvalue weighted by Crippen LogP contribution is 2.37. The zero-order valence-corrected chi connectivity index (χ0v) is 7.37. The molecule has 0 aliphatic heterocycles. The van der Waals surface area contributed by atoms with Gasteiger partial charge in [-0.2, -0.15) is 10.2 Å². The van der Waals surface area contributed by atoms with Crippen LogP contribution in [0.15, 0.2) is 17.5 Å². The Labute approximate surface area is 75.4 Å². The average molecular weight is 182 g/mol. The van der Waals surface area contributed by atoms with E-state index in [0.29, 0.717) is 12.8 Å². The second kappa shape index (κ2) is 2.83. The minimum atomic E-state index is -1.14. The van der Waals surface area contributed by atoms with E-state index in [9.17, 15) is 4.39 Å². The van der Waals surface area contributed by atoms with E-state index >= 15 is 0 Å². The van der Waals surface area contributed by atoms with Crippen molar-refractivity contribution < 1.29 is 4.39 Å². The van der Waals surface area contributed by atoms with Crippen molar-refractivity contribution in [3.05, 3.63) is 12.4 Å². The van der Waals surface area contributed by atoms with Crippen LogP contribution in [0, 0.1) is 0 Å². The predicted octanol–water partition coefficient (Wildman–Crippen LogP) is 1.32. The van der Waals surface area contributed by atoms with Gasteiger partial charge in [-0.15, -0.1) is 0 Å². The fraction of sp³-hybridized carbons (Fsp3) is 0.500. The van der Waals surface area contributed by atoms with Crippen LogP contribution in [0.2, 0.25) is 0 Å². The summed E-state index contributed by atoms with van der Waals surface area (Å²) in [5.74, 6) is 0. The van der Waals surface area contributed by atoms with Gasteiger partial charge >= 0.3 is 0 Å². The highest BCUT2D eigenvalue weighted by molar-refractivity contribution is 5.73. The van der Waals surface area contributed by atoms with Crippen molar-refractivity contribution in [2.24, 2.45) is 12.1 Å². The number of aryl methyl sites for hydroxylation is 1. The van der Waals surface area contributed by atoms with E-state index in [0.717, 1.165) is 5.69 Å². The molecule has 1 saturated carbocycles. The van der Waals surface area contributed by atoms with Crippen molar-refractivity contribution in [3.63, 3.8) is 0 Å². The van der Waals surface area contributed by atoms with Gasteiger partial charge in [-0.3, -0.25) is 10.1 Å². The molecule has 1 heterocycles. The smallest absolute Gasteiger partial charge is 0.148 e. The third kappa shape index (κ3) is 2.05. The number of hydrogen-bond acceptors (Lipinski definition) is 3. The first kappa shape index (κ1) is 8.22. The summed E-state index contributed by atoms with van der Waals surface area (Å²) in [5, 5.41) is 7.72. The average Bonchev–Trinajstić information content (AvgIpc) is 2.65. The van der Waals surface area contributed by atoms with Crippen molar-refractivity contribution in [3.8, 4) is 0 Å². The largest absolute Gasteiger partial charge is 0.276 e. The standard InChI is InChI=1S/C8H11FN4/c1-13-5-7(4-11-13)12-10-6-8(9)2-3-8/h4-6,12H,2-3H2,1H3/b10-6+. The van der Waals surface area contributed by atoms with Gasteiger partial charge in [0.25, 0.3) is 0 Å². The van der Waals surface area contributed by atoms with Gasteiger partial charge in [0.2, 0.25) is 0 Å². The molecule has 13 heavy (non-hydrogen) atoms. The third-order valence-corrected chi connectivity index (χ3v) is 1.92. The second-order valence-electron chi connectivity index (χ2n) is 3.31. The summed E-state index contributed by atoms with van der Waals surface area (Å²) in [5.41, 5.74) is 2.33. The maximum atomic E-state index is 13.0. The molecule has 1 aromatic rings. The normalized spacial score (nSPS) is 19.2. The molecule has 4 nitrogen and oxygen atoms in total. The Kier molecular flexibility index (Phi) is 1.79. The molecule has 1 fully saturated rings. The number of nitrogens with one attached hydrogen (secondary N) is 1. The lowest BCUT2D eigenvalue weighted by atomic mass is 10.4. The molecule has 1 aliphatic carbocycles. The predicted molar refractivity (Wildman–Crippen MR) is 48.4 cm³/mol. The van der Waals surface area contributed by atoms with E-state index in [1.165, 1.54) is 6.21 Å². The van der Waals surface area contributed by atoms with Gasteiger partial charge in [0.05, 0.1) is 18.1 Å². The Morgan fingerprint density at radius 3 is 3.08 bits per heavy atom. The van der Waals surface area contributed by atoms with Crippen LogP contribution in [0.25, 0.3) is 0 Å². The van der Waals surface area contributed by atoms with Crippen LogP contribution >= 0.6 is 0 Å². The van der Waals surface area contributed by atoms with E-state index < -0.39 is 5.67 Å². The lowest BCUT2D eigenvalue weighted by Gasteiger charge is -1.95. The molecule has 0 radical (unpaired) electrons. The van der Waals surface area contributed by atoms with Gasteiger partial charge in [0, 0.05) is 13.2 Å². The second-order valence-corrected chi connectivity index (χ2v) is 3.31. The molecule has 1 aromatic heterocycles. The molecule has 0 amide bonds. The molecular formula is C8H11FN4. The summed E-state index contributed by atoms with van der Waals surface area (Å²) >= 11 is 0. The van der Waals surface area contributed by atoms with E-state index in [-0.39, 0.29) is 0 Å². The molecule has 5 heteroatoms. The van der Waals surface area contributed by atoms with E-state index in [1.54, 1.807) is 17.1 Å². The lowest BCUT2D eigenvalue weighted by molar-refractivity contribution is 0.413. The quantitative estimate of drug-likeness (QED) is 0.566. The minimum absolute atomic E-state index is 0.589. The number of rotatable bonds is 3. The monoisotopic (exact) mass is 182 g/mol. The van der Waals surface area contributed by atoms with Gasteiger partial charge in [-0.05, 0) is 12.8 Å². The maximum Gasteiger partial charge on any atom is 0.148 e. The molecule has 0 unspecified atom stereocenters. The Balaban J connectivity index is 1.89. The first-order valence-electron chi connectivity index (χ1n) is 4.16. The van der Waals surface area contributed by atoms with Crippen LogP contribution in [0.3, 0.4) is 0 Å². The highest BCUT2D eigenvalue weighted by atomic mass is 19.1. The Morgan fingerprint density at radius 1 is 1.77 bits per heavy atom. The molecule has 1 aliphatic rings. The van der Waals surface area contributed by atoms with Crippen molar-refractivity contribution in [1.82, 2.24) is 9.78 Å². The summed E-state index contributed by atoms with van der Waals surface area (Å²) in [4.78, 5) is 0. The van der Waals surface area contributed by atoms with E-state index in [1.807, 2.05) is 7.05 Å². The third-order valence-electron chi connectivity index (χ3n) is 1.92. The number of aromatic nitrogens is 2. The first-order chi connectivity index (χ1) is 6.18. The van der Waals surface area contributed by atoms with E-state index in [2.05, 4.69) is 15.6 Å². The molecule has 0 aromatic carbocycles.